The van der Waals surface area contributed by atoms with Crippen molar-refractivity contribution in [1.82, 2.24) is 19.9 Å². The normalized spacial score (nSPS) is 32.9. The molecule has 3 aliphatic rings. The van der Waals surface area contributed by atoms with Crippen LogP contribution in [-0.4, -0.2) is 82.2 Å². The molecule has 0 aromatic carbocycles. The van der Waals surface area contributed by atoms with E-state index in [-0.39, 0.29) is 59.8 Å². The molecule has 6 atom stereocenters. The zero-order valence-electron chi connectivity index (χ0n) is 21.4. The molecule has 0 N–H and O–H groups in total. The van der Waals surface area contributed by atoms with Gasteiger partial charge in [-0.2, -0.15) is 0 Å². The Morgan fingerprint density at radius 1 is 1.40 bits per heavy atom. The fraction of sp³-hybridized carbons (Fsp3) is 0.739. The molecule has 1 saturated carbocycles. The molecule has 11 nitrogen and oxygen atoms in total. The minimum atomic E-state index is -1.27. The van der Waals surface area contributed by atoms with Crippen molar-refractivity contribution in [3.63, 3.8) is 0 Å². The molecule has 2 aliphatic heterocycles. The first-order valence-corrected chi connectivity index (χ1v) is 11.6. The summed E-state index contributed by atoms with van der Waals surface area (Å²) in [5.41, 5.74) is 0.993. The number of epoxide rings is 2. The Morgan fingerprint density at radius 2 is 2.11 bits per heavy atom. The van der Waals surface area contributed by atoms with Gasteiger partial charge in [0.2, 0.25) is 0 Å². The van der Waals surface area contributed by atoms with E-state index in [9.17, 15) is 14.7 Å². The number of amides is 1. The van der Waals surface area contributed by atoms with E-state index in [1.165, 1.54) is 16.7 Å². The van der Waals surface area contributed by atoms with Gasteiger partial charge in [-0.15, -0.1) is 5.10 Å². The Bertz CT molecular complexity index is 961. The van der Waals surface area contributed by atoms with Gasteiger partial charge in [0.1, 0.15) is 29.1 Å². The summed E-state index contributed by atoms with van der Waals surface area (Å²) in [6, 6.07) is 0. The van der Waals surface area contributed by atoms with Gasteiger partial charge in [-0.1, -0.05) is 16.9 Å². The van der Waals surface area contributed by atoms with E-state index >= 15 is 0 Å². The average Bonchev–Trinajstić information content (AvgIpc) is 3.63. The largest absolute Gasteiger partial charge is 1.00 e. The van der Waals surface area contributed by atoms with Crippen molar-refractivity contribution < 1.29 is 63.2 Å². The number of methoxy groups -OCH3 is 1. The third kappa shape index (κ3) is 6.08. The maximum Gasteiger partial charge on any atom is 1.00 e. The van der Waals surface area contributed by atoms with Crippen molar-refractivity contribution >= 4 is 12.1 Å². The van der Waals surface area contributed by atoms with E-state index in [2.05, 4.69) is 37.2 Å². The van der Waals surface area contributed by atoms with Gasteiger partial charge in [-0.3, -0.25) is 0 Å². The minimum Gasteiger partial charge on any atom is -0.548 e. The SMILES string of the molecule is CO[C@@H]1[C@H](OC(=O)N(C)Cc2cn(CC(=O)[O-])nn2)CC[C@]2(CO2)[C@H]1[C@@]1(C)O[C@@H]1CC=C(C)C.[Na+]. The molecule has 0 radical (unpaired) electrons. The Balaban J connectivity index is 0.00000342. The third-order valence-corrected chi connectivity index (χ3v) is 7.08. The van der Waals surface area contributed by atoms with Crippen LogP contribution in [0.5, 0.6) is 0 Å². The maximum atomic E-state index is 12.9. The van der Waals surface area contributed by atoms with Crippen molar-refractivity contribution in [2.24, 2.45) is 5.92 Å². The standard InChI is InChI=1S/C23H34N4O7.Na/c1-14(2)6-7-17-22(3,34-17)20-19(31-5)16(8-9-23(20)13-32-23)33-21(30)26(4)10-15-11-27(25-24-15)12-18(28)29;/h6,11,16-17,19-20H,7-10,12-13H2,1-5H3,(H,28,29);/q;+1/p-1/t16-,17-,19-,20-,22+,23+;/m1./s1. The summed E-state index contributed by atoms with van der Waals surface area (Å²) in [7, 11) is 3.23. The second kappa shape index (κ2) is 10.9. The van der Waals surface area contributed by atoms with E-state index in [0.29, 0.717) is 18.7 Å². The number of allylic oxidation sites excluding steroid dienone is 1. The van der Waals surface area contributed by atoms with Gasteiger partial charge in [-0.25, -0.2) is 9.48 Å². The molecule has 1 aliphatic carbocycles. The first-order valence-electron chi connectivity index (χ1n) is 11.6. The molecule has 0 unspecified atom stereocenters. The molecule has 0 bridgehead atoms. The number of carbonyl (C=O) groups excluding carboxylic acids is 2. The first-order chi connectivity index (χ1) is 16.1. The van der Waals surface area contributed by atoms with Crippen LogP contribution < -0.4 is 34.7 Å². The number of rotatable bonds is 9. The second-order valence-electron chi connectivity index (χ2n) is 9.94. The predicted molar refractivity (Wildman–Crippen MR) is 116 cm³/mol. The molecule has 3 fully saturated rings. The van der Waals surface area contributed by atoms with Crippen molar-refractivity contribution in [3.05, 3.63) is 23.5 Å². The minimum absolute atomic E-state index is 0. The number of nitrogens with zero attached hydrogens (tertiary/aromatic N) is 4. The van der Waals surface area contributed by atoms with E-state index in [4.69, 9.17) is 18.9 Å². The summed E-state index contributed by atoms with van der Waals surface area (Å²) in [5, 5.41) is 18.3. The number of hydrogen-bond donors (Lipinski definition) is 0. The molecule has 1 aromatic rings. The molecular formula is C23H33N4NaO7. The van der Waals surface area contributed by atoms with Crippen LogP contribution in [0, 0.1) is 5.92 Å². The smallest absolute Gasteiger partial charge is 0.548 e. The number of carboxylic acids is 1. The molecule has 188 valence electrons. The van der Waals surface area contributed by atoms with Crippen LogP contribution in [0.4, 0.5) is 4.79 Å². The molecule has 4 rings (SSSR count). The Morgan fingerprint density at radius 3 is 2.71 bits per heavy atom. The molecule has 2 saturated heterocycles. The summed E-state index contributed by atoms with van der Waals surface area (Å²) in [6.45, 7) is 6.62. The quantitative estimate of drug-likeness (QED) is 0.208. The van der Waals surface area contributed by atoms with Crippen LogP contribution >= 0.6 is 0 Å². The van der Waals surface area contributed by atoms with E-state index < -0.39 is 30.3 Å². The molecule has 35 heavy (non-hydrogen) atoms. The van der Waals surface area contributed by atoms with Gasteiger partial charge in [0, 0.05) is 14.2 Å². The number of aromatic nitrogens is 3. The first kappa shape index (κ1) is 28.1. The summed E-state index contributed by atoms with van der Waals surface area (Å²) < 4.78 is 25.1. The van der Waals surface area contributed by atoms with Crippen LogP contribution in [0.15, 0.2) is 17.8 Å². The topological polar surface area (TPSA) is 135 Å². The molecule has 1 aromatic heterocycles. The number of carbonyl (C=O) groups is 2. The van der Waals surface area contributed by atoms with E-state index in [1.807, 2.05) is 0 Å². The van der Waals surface area contributed by atoms with Gasteiger partial charge in [-0.05, 0) is 40.0 Å². The van der Waals surface area contributed by atoms with E-state index in [0.717, 1.165) is 17.5 Å². The van der Waals surface area contributed by atoms with Crippen LogP contribution in [0.2, 0.25) is 0 Å². The van der Waals surface area contributed by atoms with Crippen LogP contribution in [0.25, 0.3) is 0 Å². The fourth-order valence-corrected chi connectivity index (χ4v) is 5.22. The fourth-order valence-electron chi connectivity index (χ4n) is 5.22. The molecule has 12 heteroatoms. The molecular weight excluding hydrogens is 467 g/mol. The van der Waals surface area contributed by atoms with Crippen molar-refractivity contribution in [2.75, 3.05) is 20.8 Å². The Hall–Kier alpha value is -1.50. The van der Waals surface area contributed by atoms with Gasteiger partial charge in [0.15, 0.2) is 0 Å². The number of ether oxygens (including phenoxy) is 4. The Labute approximate surface area is 227 Å². The van der Waals surface area contributed by atoms with Crippen molar-refractivity contribution in [1.29, 1.82) is 0 Å². The summed E-state index contributed by atoms with van der Waals surface area (Å²) in [5.74, 6) is -1.32. The van der Waals surface area contributed by atoms with E-state index in [1.54, 1.807) is 14.2 Å². The number of carboxylic acid groups (broad SMARTS) is 1. The van der Waals surface area contributed by atoms with Crippen LogP contribution in [0.3, 0.4) is 0 Å². The number of aliphatic carboxylic acids is 1. The van der Waals surface area contributed by atoms with Gasteiger partial charge in [0.25, 0.3) is 0 Å². The van der Waals surface area contributed by atoms with Gasteiger partial charge < -0.3 is 33.7 Å². The molecule has 1 spiro atoms. The molecule has 1 amide bonds. The van der Waals surface area contributed by atoms with Gasteiger partial charge >= 0.3 is 35.7 Å². The summed E-state index contributed by atoms with van der Waals surface area (Å²) >= 11 is 0. The summed E-state index contributed by atoms with van der Waals surface area (Å²) in [4.78, 5) is 25.0. The summed E-state index contributed by atoms with van der Waals surface area (Å²) in [6.07, 6.45) is 4.61. The monoisotopic (exact) mass is 500 g/mol. The second-order valence-corrected chi connectivity index (χ2v) is 9.94. The maximum absolute atomic E-state index is 12.9. The van der Waals surface area contributed by atoms with Crippen molar-refractivity contribution in [2.45, 2.75) is 82.6 Å². The van der Waals surface area contributed by atoms with Crippen LogP contribution in [0.1, 0.15) is 45.7 Å². The zero-order valence-corrected chi connectivity index (χ0v) is 23.4. The zero-order chi connectivity index (χ0) is 24.7. The van der Waals surface area contributed by atoms with Gasteiger partial charge in [0.05, 0.1) is 43.9 Å². The number of hydrogen-bond acceptors (Lipinski definition) is 9. The van der Waals surface area contributed by atoms with Crippen molar-refractivity contribution in [3.8, 4) is 0 Å². The Kier molecular flexibility index (Phi) is 8.71. The average molecular weight is 501 g/mol. The predicted octanol–water partition coefficient (Wildman–Crippen LogP) is -2.32. The molecule has 3 heterocycles. The third-order valence-electron chi connectivity index (χ3n) is 7.08. The van der Waals surface area contributed by atoms with Crippen LogP contribution in [-0.2, 0) is 36.8 Å².